The summed E-state index contributed by atoms with van der Waals surface area (Å²) < 4.78 is 4.62. The van der Waals surface area contributed by atoms with Crippen molar-refractivity contribution in [1.29, 1.82) is 0 Å². The average Bonchev–Trinajstić information content (AvgIpc) is 2.54. The summed E-state index contributed by atoms with van der Waals surface area (Å²) in [5, 5.41) is 0. The molecule has 22 heavy (non-hydrogen) atoms. The maximum absolute atomic E-state index is 10.9. The number of esters is 1. The summed E-state index contributed by atoms with van der Waals surface area (Å²) in [5.74, 6) is -0.0791. The van der Waals surface area contributed by atoms with E-state index in [1.165, 1.54) is 64.9 Å². The van der Waals surface area contributed by atoms with E-state index >= 15 is 0 Å². The molecule has 0 rings (SSSR count). The van der Waals surface area contributed by atoms with Gasteiger partial charge in [-0.3, -0.25) is 4.79 Å². The van der Waals surface area contributed by atoms with Crippen LogP contribution in [0.3, 0.4) is 0 Å². The molecule has 0 aromatic heterocycles. The molecule has 2 heteroatoms. The first-order valence-electron chi connectivity index (χ1n) is 9.18. The molecular formula is C20H36O2. The summed E-state index contributed by atoms with van der Waals surface area (Å²) >= 11 is 0. The highest BCUT2D eigenvalue weighted by atomic mass is 16.5. The second kappa shape index (κ2) is 18.0. The Kier molecular flexibility index (Phi) is 17.1. The highest BCUT2D eigenvalue weighted by molar-refractivity contribution is 5.68. The number of ether oxygens (including phenoxy) is 1. The first kappa shape index (κ1) is 20.9. The topological polar surface area (TPSA) is 26.3 Å². The minimum Gasteiger partial charge on any atom is -0.469 e. The molecule has 0 heterocycles. The summed E-state index contributed by atoms with van der Waals surface area (Å²) in [6.45, 7) is 2.24. The Hall–Kier alpha value is -1.05. The second-order valence-electron chi connectivity index (χ2n) is 5.91. The lowest BCUT2D eigenvalue weighted by Crippen LogP contribution is -1.99. The van der Waals surface area contributed by atoms with Crippen LogP contribution in [0, 0.1) is 0 Å². The molecule has 0 bridgehead atoms. The van der Waals surface area contributed by atoms with E-state index in [1.807, 2.05) is 0 Å². The number of carbonyl (C=O) groups is 1. The van der Waals surface area contributed by atoms with Gasteiger partial charge >= 0.3 is 5.97 Å². The number of unbranched alkanes of at least 4 members (excludes halogenated alkanes) is 9. The van der Waals surface area contributed by atoms with E-state index in [1.54, 1.807) is 0 Å². The molecule has 0 radical (unpaired) electrons. The summed E-state index contributed by atoms with van der Waals surface area (Å²) in [5.41, 5.74) is 0. The molecule has 0 fully saturated rings. The predicted molar refractivity (Wildman–Crippen MR) is 96.0 cm³/mol. The van der Waals surface area contributed by atoms with Crippen LogP contribution in [0.1, 0.15) is 90.4 Å². The lowest BCUT2D eigenvalue weighted by molar-refractivity contribution is -0.140. The number of methoxy groups -OCH3 is 1. The fraction of sp³-hybridized carbons (Fsp3) is 0.750. The van der Waals surface area contributed by atoms with Crippen molar-refractivity contribution in [3.8, 4) is 0 Å². The van der Waals surface area contributed by atoms with E-state index in [0.717, 1.165) is 19.3 Å². The van der Waals surface area contributed by atoms with Gasteiger partial charge in [0.15, 0.2) is 0 Å². The number of hydrogen-bond donors (Lipinski definition) is 0. The maximum Gasteiger partial charge on any atom is 0.305 e. The molecule has 0 unspecified atom stereocenters. The summed E-state index contributed by atoms with van der Waals surface area (Å²) in [6, 6.07) is 0. The van der Waals surface area contributed by atoms with Crippen molar-refractivity contribution < 1.29 is 9.53 Å². The minimum atomic E-state index is -0.0791. The minimum absolute atomic E-state index is 0.0791. The van der Waals surface area contributed by atoms with E-state index in [4.69, 9.17) is 0 Å². The standard InChI is InChI=1S/C20H36O2/c1-3-4-5-6-7-8-9-10-11-12-13-14-15-16-17-18-19-20(21)22-2/h7-8,10-11H,3-6,9,12-19H2,1-2H3/b8-7-,11-10+. The zero-order valence-corrected chi connectivity index (χ0v) is 14.8. The Bertz CT molecular complexity index is 292. The molecule has 0 aromatic rings. The molecule has 0 aliphatic rings. The SMILES string of the molecule is CCCCC/C=C\C/C=C/CCCCCCCCC(=O)OC. The third kappa shape index (κ3) is 17.0. The second-order valence-corrected chi connectivity index (χ2v) is 5.91. The Morgan fingerprint density at radius 1 is 0.773 bits per heavy atom. The van der Waals surface area contributed by atoms with Crippen LogP contribution >= 0.6 is 0 Å². The first-order valence-corrected chi connectivity index (χ1v) is 9.18. The van der Waals surface area contributed by atoms with Crippen molar-refractivity contribution in [1.82, 2.24) is 0 Å². The van der Waals surface area contributed by atoms with Crippen molar-refractivity contribution >= 4 is 5.97 Å². The van der Waals surface area contributed by atoms with Crippen LogP contribution in [-0.4, -0.2) is 13.1 Å². The van der Waals surface area contributed by atoms with Gasteiger partial charge in [-0.25, -0.2) is 0 Å². The van der Waals surface area contributed by atoms with Crippen LogP contribution in [-0.2, 0) is 9.53 Å². The molecule has 0 atom stereocenters. The largest absolute Gasteiger partial charge is 0.469 e. The van der Waals surface area contributed by atoms with E-state index in [2.05, 4.69) is 36.0 Å². The predicted octanol–water partition coefficient (Wildman–Crippen LogP) is 6.36. The molecule has 0 aliphatic carbocycles. The quantitative estimate of drug-likeness (QED) is 0.200. The highest BCUT2D eigenvalue weighted by Gasteiger charge is 1.98. The highest BCUT2D eigenvalue weighted by Crippen LogP contribution is 2.09. The Morgan fingerprint density at radius 2 is 1.32 bits per heavy atom. The number of allylic oxidation sites excluding steroid dienone is 4. The molecule has 0 aromatic carbocycles. The van der Waals surface area contributed by atoms with E-state index < -0.39 is 0 Å². The van der Waals surface area contributed by atoms with Gasteiger partial charge in [-0.2, -0.15) is 0 Å². The average molecular weight is 309 g/mol. The fourth-order valence-corrected chi connectivity index (χ4v) is 2.36. The molecular weight excluding hydrogens is 272 g/mol. The van der Waals surface area contributed by atoms with Crippen molar-refractivity contribution in [2.24, 2.45) is 0 Å². The molecule has 0 spiro atoms. The number of rotatable bonds is 15. The van der Waals surface area contributed by atoms with Gasteiger partial charge in [-0.1, -0.05) is 69.8 Å². The third-order valence-corrected chi connectivity index (χ3v) is 3.81. The zero-order valence-electron chi connectivity index (χ0n) is 14.8. The molecule has 0 aliphatic heterocycles. The van der Waals surface area contributed by atoms with Crippen LogP contribution in [0.4, 0.5) is 0 Å². The van der Waals surface area contributed by atoms with E-state index in [9.17, 15) is 4.79 Å². The molecule has 0 saturated heterocycles. The molecule has 0 N–H and O–H groups in total. The number of carbonyl (C=O) groups excluding carboxylic acids is 1. The molecule has 0 amide bonds. The van der Waals surface area contributed by atoms with Gasteiger partial charge in [-0.05, 0) is 38.5 Å². The fourth-order valence-electron chi connectivity index (χ4n) is 2.36. The smallest absolute Gasteiger partial charge is 0.305 e. The van der Waals surface area contributed by atoms with E-state index in [-0.39, 0.29) is 5.97 Å². The monoisotopic (exact) mass is 308 g/mol. The van der Waals surface area contributed by atoms with Gasteiger partial charge in [0.1, 0.15) is 0 Å². The van der Waals surface area contributed by atoms with Crippen molar-refractivity contribution in [2.45, 2.75) is 90.4 Å². The third-order valence-electron chi connectivity index (χ3n) is 3.81. The summed E-state index contributed by atoms with van der Waals surface area (Å²) in [7, 11) is 1.46. The normalized spacial score (nSPS) is 11.5. The first-order chi connectivity index (χ1) is 10.8. The Balaban J connectivity index is 3.19. The van der Waals surface area contributed by atoms with Crippen LogP contribution in [0.2, 0.25) is 0 Å². The summed E-state index contributed by atoms with van der Waals surface area (Å²) in [4.78, 5) is 10.9. The van der Waals surface area contributed by atoms with Crippen LogP contribution in [0.15, 0.2) is 24.3 Å². The van der Waals surface area contributed by atoms with Gasteiger partial charge in [0, 0.05) is 6.42 Å². The Morgan fingerprint density at radius 3 is 1.91 bits per heavy atom. The van der Waals surface area contributed by atoms with Gasteiger partial charge in [0.2, 0.25) is 0 Å². The van der Waals surface area contributed by atoms with E-state index in [0.29, 0.717) is 6.42 Å². The molecule has 2 nitrogen and oxygen atoms in total. The lowest BCUT2D eigenvalue weighted by Gasteiger charge is -2.00. The summed E-state index contributed by atoms with van der Waals surface area (Å²) in [6.07, 6.45) is 24.5. The zero-order chi connectivity index (χ0) is 16.3. The van der Waals surface area contributed by atoms with Gasteiger partial charge in [0.25, 0.3) is 0 Å². The van der Waals surface area contributed by atoms with Crippen molar-refractivity contribution in [3.63, 3.8) is 0 Å². The lowest BCUT2D eigenvalue weighted by atomic mass is 10.1. The van der Waals surface area contributed by atoms with Gasteiger partial charge in [-0.15, -0.1) is 0 Å². The van der Waals surface area contributed by atoms with Crippen molar-refractivity contribution in [2.75, 3.05) is 7.11 Å². The maximum atomic E-state index is 10.9. The molecule has 128 valence electrons. The molecule has 0 saturated carbocycles. The van der Waals surface area contributed by atoms with Crippen LogP contribution in [0.5, 0.6) is 0 Å². The van der Waals surface area contributed by atoms with Crippen molar-refractivity contribution in [3.05, 3.63) is 24.3 Å². The van der Waals surface area contributed by atoms with Gasteiger partial charge < -0.3 is 4.74 Å². The van der Waals surface area contributed by atoms with Crippen LogP contribution in [0.25, 0.3) is 0 Å². The number of hydrogen-bond acceptors (Lipinski definition) is 2. The van der Waals surface area contributed by atoms with Gasteiger partial charge in [0.05, 0.1) is 7.11 Å². The Labute approximate surface area is 138 Å². The van der Waals surface area contributed by atoms with Crippen LogP contribution < -0.4 is 0 Å².